The van der Waals surface area contributed by atoms with E-state index in [2.05, 4.69) is 20.1 Å². The second kappa shape index (κ2) is 8.32. The first-order chi connectivity index (χ1) is 14.0. The highest BCUT2D eigenvalue weighted by Gasteiger charge is 2.28. The summed E-state index contributed by atoms with van der Waals surface area (Å²) in [5.74, 6) is 0.122. The Morgan fingerprint density at radius 1 is 1.17 bits per heavy atom. The summed E-state index contributed by atoms with van der Waals surface area (Å²) in [6, 6.07) is 5.42. The number of piperazine rings is 1. The Morgan fingerprint density at radius 2 is 1.90 bits per heavy atom. The van der Waals surface area contributed by atoms with Gasteiger partial charge in [-0.1, -0.05) is 12.8 Å². The Bertz CT molecular complexity index is 904. The van der Waals surface area contributed by atoms with Crippen molar-refractivity contribution in [3.8, 4) is 0 Å². The van der Waals surface area contributed by atoms with Crippen LogP contribution in [-0.4, -0.2) is 59.0 Å². The molecule has 29 heavy (non-hydrogen) atoms. The normalized spacial score (nSPS) is 19.4. The van der Waals surface area contributed by atoms with Crippen molar-refractivity contribution in [3.05, 3.63) is 40.7 Å². The van der Waals surface area contributed by atoms with Gasteiger partial charge in [-0.2, -0.15) is 0 Å². The molecule has 8 heteroatoms. The summed E-state index contributed by atoms with van der Waals surface area (Å²) in [6.07, 6.45) is 7.82. The standard InChI is InChI=1S/C21H27N5O3/c1-15(21(27)23-16-4-2-3-5-16)24-10-12-25(13-11-24)19-6-7-20(26(28)29)18-14-22-9-8-17(18)19/h6-9,14-16H,2-5,10-13H2,1H3,(H,23,27). The zero-order chi connectivity index (χ0) is 20.4. The monoisotopic (exact) mass is 397 g/mol. The minimum absolute atomic E-state index is 0.0766. The molecule has 1 atom stereocenters. The van der Waals surface area contributed by atoms with Gasteiger partial charge in [0.05, 0.1) is 16.4 Å². The fourth-order valence-corrected chi connectivity index (χ4v) is 4.50. The molecule has 1 aromatic heterocycles. The fourth-order valence-electron chi connectivity index (χ4n) is 4.50. The molecule has 2 aromatic rings. The Labute approximate surface area is 170 Å². The van der Waals surface area contributed by atoms with Crippen LogP contribution >= 0.6 is 0 Å². The third-order valence-corrected chi connectivity index (χ3v) is 6.25. The summed E-state index contributed by atoms with van der Waals surface area (Å²) >= 11 is 0. The first-order valence-corrected chi connectivity index (χ1v) is 10.3. The van der Waals surface area contributed by atoms with E-state index in [1.54, 1.807) is 18.5 Å². The van der Waals surface area contributed by atoms with Crippen LogP contribution in [-0.2, 0) is 4.79 Å². The minimum Gasteiger partial charge on any atom is -0.368 e. The number of carbonyl (C=O) groups excluding carboxylic acids is 1. The lowest BCUT2D eigenvalue weighted by molar-refractivity contribution is -0.383. The molecule has 1 aliphatic carbocycles. The largest absolute Gasteiger partial charge is 0.368 e. The van der Waals surface area contributed by atoms with Crippen LogP contribution in [0.1, 0.15) is 32.6 Å². The van der Waals surface area contributed by atoms with Gasteiger partial charge in [0, 0.05) is 61.8 Å². The molecule has 1 saturated carbocycles. The number of rotatable bonds is 5. The maximum absolute atomic E-state index is 12.6. The van der Waals surface area contributed by atoms with Crippen LogP contribution in [0.15, 0.2) is 30.6 Å². The number of carbonyl (C=O) groups is 1. The van der Waals surface area contributed by atoms with E-state index >= 15 is 0 Å². The number of aromatic nitrogens is 1. The maximum Gasteiger partial charge on any atom is 0.278 e. The predicted molar refractivity (Wildman–Crippen MR) is 112 cm³/mol. The third kappa shape index (κ3) is 4.03. The molecule has 2 heterocycles. The maximum atomic E-state index is 12.6. The average Bonchev–Trinajstić information content (AvgIpc) is 3.25. The number of anilines is 1. The van der Waals surface area contributed by atoms with Crippen LogP contribution in [0, 0.1) is 10.1 Å². The Kier molecular flexibility index (Phi) is 5.62. The molecule has 0 radical (unpaired) electrons. The highest BCUT2D eigenvalue weighted by Crippen LogP contribution is 2.33. The molecule has 8 nitrogen and oxygen atoms in total. The van der Waals surface area contributed by atoms with Crippen molar-refractivity contribution < 1.29 is 9.72 Å². The van der Waals surface area contributed by atoms with E-state index in [-0.39, 0.29) is 22.6 Å². The van der Waals surface area contributed by atoms with Gasteiger partial charge in [0.25, 0.3) is 5.69 Å². The van der Waals surface area contributed by atoms with Crippen LogP contribution < -0.4 is 10.2 Å². The van der Waals surface area contributed by atoms with E-state index < -0.39 is 0 Å². The van der Waals surface area contributed by atoms with E-state index in [0.29, 0.717) is 11.4 Å². The SMILES string of the molecule is CC(C(=O)NC1CCCC1)N1CCN(c2ccc([N+](=O)[O-])c3cnccc23)CC1. The van der Waals surface area contributed by atoms with E-state index in [9.17, 15) is 14.9 Å². The number of hydrogen-bond acceptors (Lipinski definition) is 6. The lowest BCUT2D eigenvalue weighted by atomic mass is 10.1. The van der Waals surface area contributed by atoms with Gasteiger partial charge in [0.1, 0.15) is 0 Å². The van der Waals surface area contributed by atoms with Crippen LogP contribution in [0.5, 0.6) is 0 Å². The number of non-ortho nitro benzene ring substituents is 1. The molecule has 0 spiro atoms. The highest BCUT2D eigenvalue weighted by atomic mass is 16.6. The fraction of sp³-hybridized carbons (Fsp3) is 0.524. The van der Waals surface area contributed by atoms with Crippen molar-refractivity contribution in [2.45, 2.75) is 44.7 Å². The first kappa shape index (κ1) is 19.6. The average molecular weight is 397 g/mol. The van der Waals surface area contributed by atoms with Crippen molar-refractivity contribution >= 4 is 28.1 Å². The van der Waals surface area contributed by atoms with Crippen LogP contribution in [0.2, 0.25) is 0 Å². The summed E-state index contributed by atoms with van der Waals surface area (Å²) in [5, 5.41) is 15.9. The summed E-state index contributed by atoms with van der Waals surface area (Å²) < 4.78 is 0. The van der Waals surface area contributed by atoms with Gasteiger partial charge in [-0.05, 0) is 31.9 Å². The van der Waals surface area contributed by atoms with Crippen molar-refractivity contribution in [2.75, 3.05) is 31.1 Å². The van der Waals surface area contributed by atoms with Crippen LogP contribution in [0.25, 0.3) is 10.8 Å². The number of nitrogens with zero attached hydrogens (tertiary/aromatic N) is 4. The Morgan fingerprint density at radius 3 is 2.59 bits per heavy atom. The van der Waals surface area contributed by atoms with Crippen LogP contribution in [0.4, 0.5) is 11.4 Å². The number of pyridine rings is 1. The van der Waals surface area contributed by atoms with Crippen LogP contribution in [0.3, 0.4) is 0 Å². The molecule has 4 rings (SSSR count). The van der Waals surface area contributed by atoms with Gasteiger partial charge in [-0.3, -0.25) is 24.8 Å². The summed E-state index contributed by atoms with van der Waals surface area (Å²) in [4.78, 5) is 32.1. The molecule has 1 aromatic carbocycles. The molecule has 1 unspecified atom stereocenters. The number of hydrogen-bond donors (Lipinski definition) is 1. The lowest BCUT2D eigenvalue weighted by Gasteiger charge is -2.39. The van der Waals surface area contributed by atoms with Gasteiger partial charge in [0.2, 0.25) is 5.91 Å². The molecular weight excluding hydrogens is 370 g/mol. The number of fused-ring (bicyclic) bond motifs is 1. The molecule has 1 N–H and O–H groups in total. The molecular formula is C21H27N5O3. The molecule has 2 aliphatic rings. The van der Waals surface area contributed by atoms with E-state index in [0.717, 1.165) is 50.1 Å². The molecule has 1 amide bonds. The summed E-state index contributed by atoms with van der Waals surface area (Å²) in [5.41, 5.74) is 1.06. The quantitative estimate of drug-likeness (QED) is 0.616. The zero-order valence-electron chi connectivity index (χ0n) is 16.7. The molecule has 2 fully saturated rings. The van der Waals surface area contributed by atoms with Gasteiger partial charge in [-0.15, -0.1) is 0 Å². The molecule has 1 saturated heterocycles. The van der Waals surface area contributed by atoms with Crippen molar-refractivity contribution in [2.24, 2.45) is 0 Å². The minimum atomic E-state index is -0.365. The molecule has 0 bridgehead atoms. The number of nitro groups is 1. The number of amides is 1. The van der Waals surface area contributed by atoms with E-state index in [4.69, 9.17) is 0 Å². The van der Waals surface area contributed by atoms with E-state index in [1.807, 2.05) is 19.1 Å². The Hall–Kier alpha value is -2.74. The lowest BCUT2D eigenvalue weighted by Crippen LogP contribution is -2.54. The van der Waals surface area contributed by atoms with Gasteiger partial charge in [-0.25, -0.2) is 0 Å². The Balaban J connectivity index is 1.44. The second-order valence-corrected chi connectivity index (χ2v) is 7.97. The third-order valence-electron chi connectivity index (χ3n) is 6.25. The number of nitrogens with one attached hydrogen (secondary N) is 1. The van der Waals surface area contributed by atoms with Gasteiger partial charge < -0.3 is 10.2 Å². The molecule has 1 aliphatic heterocycles. The second-order valence-electron chi connectivity index (χ2n) is 7.97. The van der Waals surface area contributed by atoms with Crippen molar-refractivity contribution in [1.29, 1.82) is 0 Å². The van der Waals surface area contributed by atoms with Crippen molar-refractivity contribution in [3.63, 3.8) is 0 Å². The highest BCUT2D eigenvalue weighted by molar-refractivity contribution is 5.99. The number of benzene rings is 1. The predicted octanol–water partition coefficient (Wildman–Crippen LogP) is 2.71. The first-order valence-electron chi connectivity index (χ1n) is 10.3. The number of nitro benzene ring substituents is 1. The van der Waals surface area contributed by atoms with Gasteiger partial charge >= 0.3 is 0 Å². The van der Waals surface area contributed by atoms with Gasteiger partial charge in [0.15, 0.2) is 0 Å². The molecule has 154 valence electrons. The zero-order valence-corrected chi connectivity index (χ0v) is 16.7. The topological polar surface area (TPSA) is 91.6 Å². The summed E-state index contributed by atoms with van der Waals surface area (Å²) in [7, 11) is 0. The summed E-state index contributed by atoms with van der Waals surface area (Å²) in [6.45, 7) is 5.09. The smallest absolute Gasteiger partial charge is 0.278 e. The van der Waals surface area contributed by atoms with Crippen molar-refractivity contribution in [1.82, 2.24) is 15.2 Å². The van der Waals surface area contributed by atoms with E-state index in [1.165, 1.54) is 12.8 Å².